The number of hydrogen-bond acceptors (Lipinski definition) is 4. The van der Waals surface area contributed by atoms with Crippen molar-refractivity contribution in [2.75, 3.05) is 13.1 Å². The molecule has 0 saturated carbocycles. The number of rotatable bonds is 4. The summed E-state index contributed by atoms with van der Waals surface area (Å²) in [7, 11) is 0. The van der Waals surface area contributed by atoms with Crippen molar-refractivity contribution >= 4 is 11.3 Å². The Morgan fingerprint density at radius 1 is 1.05 bits per heavy atom. The molecule has 0 radical (unpaired) electrons. The molecule has 3 aromatic heterocycles. The summed E-state index contributed by atoms with van der Waals surface area (Å²) >= 11 is 1.85. The molecule has 22 heavy (non-hydrogen) atoms. The van der Waals surface area contributed by atoms with Crippen molar-refractivity contribution in [2.24, 2.45) is 0 Å². The molecule has 0 bridgehead atoms. The first-order valence-electron chi connectivity index (χ1n) is 7.68. The van der Waals surface area contributed by atoms with E-state index in [1.54, 1.807) is 6.20 Å². The lowest BCUT2D eigenvalue weighted by atomic mass is 9.94. The van der Waals surface area contributed by atoms with E-state index < -0.39 is 0 Å². The van der Waals surface area contributed by atoms with Gasteiger partial charge in [-0.1, -0.05) is 0 Å². The number of aromatic amines is 2. The van der Waals surface area contributed by atoms with Gasteiger partial charge in [-0.3, -0.25) is 15.1 Å². The van der Waals surface area contributed by atoms with Crippen LogP contribution in [0, 0.1) is 0 Å². The number of H-pyrrole nitrogens is 2. The maximum atomic E-state index is 4.07. The summed E-state index contributed by atoms with van der Waals surface area (Å²) in [5.74, 6) is 0.641. The smallest absolute Gasteiger partial charge is 0.0749 e. The summed E-state index contributed by atoms with van der Waals surface area (Å²) in [5, 5.41) is 14.2. The SMILES string of the molecule is c1cc(-c2ccc(CN3CCC(c4ccn[nH]4)CC3)s2)[nH]n1. The highest BCUT2D eigenvalue weighted by atomic mass is 32.1. The minimum Gasteiger partial charge on any atom is -0.298 e. The normalized spacial score (nSPS) is 17.1. The molecule has 5 nitrogen and oxygen atoms in total. The van der Waals surface area contributed by atoms with Crippen LogP contribution in [0.3, 0.4) is 0 Å². The zero-order valence-electron chi connectivity index (χ0n) is 12.3. The van der Waals surface area contributed by atoms with Crippen LogP contribution in [0.15, 0.2) is 36.7 Å². The summed E-state index contributed by atoms with van der Waals surface area (Å²) in [5.41, 5.74) is 2.39. The van der Waals surface area contributed by atoms with E-state index in [4.69, 9.17) is 0 Å². The van der Waals surface area contributed by atoms with E-state index in [-0.39, 0.29) is 0 Å². The molecule has 2 N–H and O–H groups in total. The number of thiophene rings is 1. The summed E-state index contributed by atoms with van der Waals surface area (Å²) in [6, 6.07) is 8.55. The van der Waals surface area contributed by atoms with E-state index in [1.807, 2.05) is 23.6 Å². The summed E-state index contributed by atoms with van der Waals surface area (Å²) in [4.78, 5) is 5.24. The van der Waals surface area contributed by atoms with Crippen molar-refractivity contribution in [2.45, 2.75) is 25.3 Å². The molecule has 114 valence electrons. The Morgan fingerprint density at radius 3 is 2.59 bits per heavy atom. The van der Waals surface area contributed by atoms with Gasteiger partial charge in [0.1, 0.15) is 0 Å². The molecule has 0 unspecified atom stereocenters. The second-order valence-electron chi connectivity index (χ2n) is 5.80. The molecule has 1 aliphatic heterocycles. The van der Waals surface area contributed by atoms with Gasteiger partial charge >= 0.3 is 0 Å². The van der Waals surface area contributed by atoms with E-state index in [2.05, 4.69) is 43.5 Å². The first-order chi connectivity index (χ1) is 10.9. The Hall–Kier alpha value is -1.92. The highest BCUT2D eigenvalue weighted by Gasteiger charge is 2.21. The third kappa shape index (κ3) is 2.84. The molecule has 6 heteroatoms. The molecule has 0 spiro atoms. The quantitative estimate of drug-likeness (QED) is 0.777. The van der Waals surface area contributed by atoms with Gasteiger partial charge in [-0.2, -0.15) is 10.2 Å². The van der Waals surface area contributed by atoms with Crippen LogP contribution in [-0.2, 0) is 6.54 Å². The first-order valence-corrected chi connectivity index (χ1v) is 8.50. The molecule has 0 atom stereocenters. The highest BCUT2D eigenvalue weighted by Crippen LogP contribution is 2.30. The van der Waals surface area contributed by atoms with Gasteiger partial charge in [0, 0.05) is 35.4 Å². The molecule has 1 fully saturated rings. The molecule has 3 aromatic rings. The number of piperidine rings is 1. The molecule has 4 heterocycles. The van der Waals surface area contributed by atoms with Crippen LogP contribution >= 0.6 is 11.3 Å². The van der Waals surface area contributed by atoms with Gasteiger partial charge in [0.2, 0.25) is 0 Å². The van der Waals surface area contributed by atoms with Crippen molar-refractivity contribution in [3.63, 3.8) is 0 Å². The molecule has 0 aromatic carbocycles. The van der Waals surface area contributed by atoms with E-state index in [0.717, 1.165) is 25.3 Å². The van der Waals surface area contributed by atoms with Crippen LogP contribution in [0.25, 0.3) is 10.6 Å². The zero-order chi connectivity index (χ0) is 14.8. The third-order valence-corrected chi connectivity index (χ3v) is 5.46. The molecule has 1 saturated heterocycles. The highest BCUT2D eigenvalue weighted by molar-refractivity contribution is 7.15. The topological polar surface area (TPSA) is 60.6 Å². The number of nitrogens with one attached hydrogen (secondary N) is 2. The van der Waals surface area contributed by atoms with Gasteiger partial charge in [0.15, 0.2) is 0 Å². The van der Waals surface area contributed by atoms with Crippen molar-refractivity contribution in [1.29, 1.82) is 0 Å². The third-order valence-electron chi connectivity index (χ3n) is 4.36. The fraction of sp³-hybridized carbons (Fsp3) is 0.375. The Balaban J connectivity index is 1.35. The van der Waals surface area contributed by atoms with Crippen molar-refractivity contribution < 1.29 is 0 Å². The number of hydrogen-bond donors (Lipinski definition) is 2. The minimum atomic E-state index is 0.641. The Labute approximate surface area is 133 Å². The maximum absolute atomic E-state index is 4.07. The van der Waals surface area contributed by atoms with Gasteiger partial charge in [0.05, 0.1) is 10.6 Å². The average molecular weight is 313 g/mol. The van der Waals surface area contributed by atoms with Gasteiger partial charge in [-0.05, 0) is 50.2 Å². The molecular weight excluding hydrogens is 294 g/mol. The van der Waals surface area contributed by atoms with Crippen LogP contribution in [-0.4, -0.2) is 38.4 Å². The lowest BCUT2D eigenvalue weighted by Gasteiger charge is -2.31. The summed E-state index contributed by atoms with van der Waals surface area (Å²) in [6.07, 6.45) is 6.07. The van der Waals surface area contributed by atoms with Gasteiger partial charge in [-0.15, -0.1) is 11.3 Å². The van der Waals surface area contributed by atoms with E-state index in [1.165, 1.54) is 28.3 Å². The van der Waals surface area contributed by atoms with E-state index in [9.17, 15) is 0 Å². The number of nitrogens with zero attached hydrogens (tertiary/aromatic N) is 3. The van der Waals surface area contributed by atoms with Crippen LogP contribution in [0.5, 0.6) is 0 Å². The lowest BCUT2D eigenvalue weighted by molar-refractivity contribution is 0.205. The van der Waals surface area contributed by atoms with Crippen LogP contribution in [0.2, 0.25) is 0 Å². The Morgan fingerprint density at radius 2 is 1.86 bits per heavy atom. The largest absolute Gasteiger partial charge is 0.298 e. The molecule has 1 aliphatic rings. The van der Waals surface area contributed by atoms with Crippen LogP contribution in [0.4, 0.5) is 0 Å². The zero-order valence-corrected chi connectivity index (χ0v) is 13.1. The molecular formula is C16H19N5S. The lowest BCUT2D eigenvalue weighted by Crippen LogP contribution is -2.32. The van der Waals surface area contributed by atoms with Gasteiger partial charge in [0.25, 0.3) is 0 Å². The maximum Gasteiger partial charge on any atom is 0.0749 e. The number of aromatic nitrogens is 4. The Bertz CT molecular complexity index is 693. The predicted octanol–water partition coefficient (Wildman–Crippen LogP) is 3.24. The number of likely N-dealkylation sites (tertiary alicyclic amines) is 1. The van der Waals surface area contributed by atoms with E-state index >= 15 is 0 Å². The summed E-state index contributed by atoms with van der Waals surface area (Å²) < 4.78 is 0. The van der Waals surface area contributed by atoms with Crippen molar-refractivity contribution in [3.8, 4) is 10.6 Å². The average Bonchev–Trinajstić information content (AvgIpc) is 3.30. The van der Waals surface area contributed by atoms with Crippen LogP contribution < -0.4 is 0 Å². The predicted molar refractivity (Wildman–Crippen MR) is 87.7 cm³/mol. The standard InChI is InChI=1S/C16H19N5S/c1-2-16(15-4-8-18-20-15)22-13(1)11-21-9-5-12(6-10-21)14-3-7-17-19-14/h1-4,7-8,12H,5-6,9-11H2,(H,17,19)(H,18,20). The van der Waals surface area contributed by atoms with Gasteiger partial charge in [-0.25, -0.2) is 0 Å². The van der Waals surface area contributed by atoms with E-state index in [0.29, 0.717) is 5.92 Å². The van der Waals surface area contributed by atoms with Gasteiger partial charge < -0.3 is 0 Å². The van der Waals surface area contributed by atoms with Crippen molar-refractivity contribution in [1.82, 2.24) is 25.3 Å². The van der Waals surface area contributed by atoms with Crippen LogP contribution in [0.1, 0.15) is 29.3 Å². The monoisotopic (exact) mass is 313 g/mol. The Kier molecular flexibility index (Phi) is 3.78. The fourth-order valence-electron chi connectivity index (χ4n) is 3.12. The fourth-order valence-corrected chi connectivity index (χ4v) is 4.14. The minimum absolute atomic E-state index is 0.641. The second-order valence-corrected chi connectivity index (χ2v) is 6.97. The summed E-state index contributed by atoms with van der Waals surface area (Å²) in [6.45, 7) is 3.36. The molecule has 0 amide bonds. The molecule has 0 aliphatic carbocycles. The first kappa shape index (κ1) is 13.7. The second kappa shape index (κ2) is 6.06. The van der Waals surface area contributed by atoms with Crippen molar-refractivity contribution in [3.05, 3.63) is 47.2 Å². The molecule has 4 rings (SSSR count).